The molecule has 4 atom stereocenters. The van der Waals surface area contributed by atoms with Crippen LogP contribution in [0, 0.1) is 0 Å². The van der Waals surface area contributed by atoms with Gasteiger partial charge in [0.15, 0.2) is 6.29 Å². The summed E-state index contributed by atoms with van der Waals surface area (Å²) in [6.45, 7) is 0.922. The van der Waals surface area contributed by atoms with Gasteiger partial charge in [-0.05, 0) is 0 Å². The van der Waals surface area contributed by atoms with Crippen LogP contribution in [0.2, 0.25) is 0 Å². The van der Waals surface area contributed by atoms with Gasteiger partial charge in [-0.2, -0.15) is 0 Å². The second-order valence-electron chi connectivity index (χ2n) is 2.96. The van der Waals surface area contributed by atoms with Crippen LogP contribution in [0.4, 0.5) is 0 Å². The van der Waals surface area contributed by atoms with Gasteiger partial charge in [0.1, 0.15) is 12.2 Å². The highest BCUT2D eigenvalue weighted by Gasteiger charge is 2.42. The summed E-state index contributed by atoms with van der Waals surface area (Å²) in [6, 6.07) is -0.752. The molecule has 1 amide bonds. The van der Waals surface area contributed by atoms with Crippen molar-refractivity contribution in [3.63, 3.8) is 0 Å². The lowest BCUT2D eigenvalue weighted by molar-refractivity contribution is -0.132. The third kappa shape index (κ3) is 2.16. The van der Waals surface area contributed by atoms with Crippen molar-refractivity contribution in [2.24, 2.45) is 0 Å². The van der Waals surface area contributed by atoms with Crippen molar-refractivity contribution < 1.29 is 24.9 Å². The summed E-state index contributed by atoms with van der Waals surface area (Å²) in [7, 11) is 0. The molecule has 1 aliphatic rings. The maximum Gasteiger partial charge on any atom is 0.217 e. The lowest BCUT2D eigenvalue weighted by Gasteiger charge is -2.18. The van der Waals surface area contributed by atoms with Crippen LogP contribution in [0.1, 0.15) is 6.92 Å². The van der Waals surface area contributed by atoms with Gasteiger partial charge in [0.2, 0.25) is 5.91 Å². The first-order valence-electron chi connectivity index (χ1n) is 3.96. The highest BCUT2D eigenvalue weighted by atomic mass is 16.6. The molecule has 0 radical (unpaired) electrons. The van der Waals surface area contributed by atoms with Crippen LogP contribution in [-0.2, 0) is 9.53 Å². The van der Waals surface area contributed by atoms with E-state index in [0.29, 0.717) is 0 Å². The van der Waals surface area contributed by atoms with Crippen LogP contribution in [-0.4, -0.2) is 52.4 Å². The maximum atomic E-state index is 10.7. The monoisotopic (exact) mass is 191 g/mol. The zero-order valence-electron chi connectivity index (χ0n) is 7.17. The largest absolute Gasteiger partial charge is 0.394 e. The topological polar surface area (TPSA) is 99.0 Å². The van der Waals surface area contributed by atoms with Gasteiger partial charge in [-0.15, -0.1) is 0 Å². The predicted molar refractivity (Wildman–Crippen MR) is 41.6 cm³/mol. The molecule has 76 valence electrons. The minimum absolute atomic E-state index is 0.347. The van der Waals surface area contributed by atoms with Gasteiger partial charge in [0, 0.05) is 6.92 Å². The number of carbonyl (C=O) groups is 1. The van der Waals surface area contributed by atoms with E-state index in [9.17, 15) is 9.90 Å². The fraction of sp³-hybridized carbons (Fsp3) is 0.857. The summed E-state index contributed by atoms with van der Waals surface area (Å²) in [5.41, 5.74) is 0. The Labute approximate surface area is 75.1 Å². The summed E-state index contributed by atoms with van der Waals surface area (Å²) >= 11 is 0. The molecule has 1 heterocycles. The van der Waals surface area contributed by atoms with Gasteiger partial charge in [0.05, 0.1) is 12.6 Å². The van der Waals surface area contributed by atoms with Gasteiger partial charge < -0.3 is 25.4 Å². The van der Waals surface area contributed by atoms with Gasteiger partial charge in [-0.25, -0.2) is 0 Å². The third-order valence-electron chi connectivity index (χ3n) is 1.92. The number of hydrogen-bond donors (Lipinski definition) is 4. The van der Waals surface area contributed by atoms with E-state index >= 15 is 0 Å². The Balaban J connectivity index is 2.62. The normalized spacial score (nSPS) is 39.1. The number of ether oxygens (including phenoxy) is 1. The summed E-state index contributed by atoms with van der Waals surface area (Å²) in [5.74, 6) is -0.347. The number of rotatable bonds is 2. The molecule has 1 saturated heterocycles. The number of carbonyl (C=O) groups excluding carboxylic acids is 1. The van der Waals surface area contributed by atoms with Crippen molar-refractivity contribution in [3.8, 4) is 0 Å². The number of amides is 1. The fourth-order valence-electron chi connectivity index (χ4n) is 1.31. The molecule has 0 aliphatic carbocycles. The Bertz CT molecular complexity index is 197. The first-order valence-corrected chi connectivity index (χ1v) is 3.96. The SMILES string of the molecule is CC(=O)N[C@H]1[C@@H](O)[C@@H](O)O[C@@H]1CO. The average Bonchev–Trinajstić information content (AvgIpc) is 2.31. The van der Waals surface area contributed by atoms with Crippen LogP contribution in [0.15, 0.2) is 0 Å². The van der Waals surface area contributed by atoms with Gasteiger partial charge in [-0.1, -0.05) is 0 Å². The zero-order chi connectivity index (χ0) is 10.0. The Morgan fingerprint density at radius 2 is 2.15 bits per heavy atom. The number of hydrogen-bond acceptors (Lipinski definition) is 5. The molecule has 0 saturated carbocycles. The Morgan fingerprint density at radius 1 is 1.54 bits per heavy atom. The van der Waals surface area contributed by atoms with E-state index in [0.717, 1.165) is 0 Å². The molecule has 6 nitrogen and oxygen atoms in total. The van der Waals surface area contributed by atoms with Crippen molar-refractivity contribution in [1.82, 2.24) is 5.32 Å². The van der Waals surface area contributed by atoms with E-state index < -0.39 is 24.5 Å². The summed E-state index contributed by atoms with van der Waals surface area (Å²) in [5, 5.41) is 29.5. The van der Waals surface area contributed by atoms with Crippen LogP contribution in [0.25, 0.3) is 0 Å². The van der Waals surface area contributed by atoms with Crippen molar-refractivity contribution in [1.29, 1.82) is 0 Å². The lowest BCUT2D eigenvalue weighted by Crippen LogP contribution is -2.47. The molecule has 0 unspecified atom stereocenters. The van der Waals surface area contributed by atoms with Crippen molar-refractivity contribution in [2.75, 3.05) is 6.61 Å². The summed E-state index contributed by atoms with van der Waals surface area (Å²) in [4.78, 5) is 10.7. The quantitative estimate of drug-likeness (QED) is 0.388. The summed E-state index contributed by atoms with van der Waals surface area (Å²) < 4.78 is 4.78. The van der Waals surface area contributed by atoms with Crippen molar-refractivity contribution in [2.45, 2.75) is 31.5 Å². The molecule has 0 bridgehead atoms. The molecular weight excluding hydrogens is 178 g/mol. The fourth-order valence-corrected chi connectivity index (χ4v) is 1.31. The zero-order valence-corrected chi connectivity index (χ0v) is 7.17. The second-order valence-corrected chi connectivity index (χ2v) is 2.96. The van der Waals surface area contributed by atoms with Gasteiger partial charge >= 0.3 is 0 Å². The Kier molecular flexibility index (Phi) is 3.21. The third-order valence-corrected chi connectivity index (χ3v) is 1.92. The number of aliphatic hydroxyl groups is 3. The van der Waals surface area contributed by atoms with Crippen molar-refractivity contribution >= 4 is 5.91 Å². The number of aliphatic hydroxyl groups excluding tert-OH is 3. The molecule has 0 spiro atoms. The second kappa shape index (κ2) is 4.01. The van der Waals surface area contributed by atoms with Crippen LogP contribution in [0.5, 0.6) is 0 Å². The van der Waals surface area contributed by atoms with E-state index in [1.165, 1.54) is 6.92 Å². The minimum Gasteiger partial charge on any atom is -0.394 e. The highest BCUT2D eigenvalue weighted by molar-refractivity contribution is 5.73. The van der Waals surface area contributed by atoms with Crippen LogP contribution >= 0.6 is 0 Å². The highest BCUT2D eigenvalue weighted by Crippen LogP contribution is 2.18. The molecule has 1 aliphatic heterocycles. The summed E-state index contributed by atoms with van der Waals surface area (Å²) in [6.07, 6.45) is -3.30. The first-order chi connectivity index (χ1) is 6.06. The average molecular weight is 191 g/mol. The first kappa shape index (κ1) is 10.4. The van der Waals surface area contributed by atoms with Gasteiger partial charge in [0.25, 0.3) is 0 Å². The van der Waals surface area contributed by atoms with E-state index in [1.807, 2.05) is 0 Å². The van der Waals surface area contributed by atoms with Crippen molar-refractivity contribution in [3.05, 3.63) is 0 Å². The van der Waals surface area contributed by atoms with E-state index in [1.54, 1.807) is 0 Å². The minimum atomic E-state index is -1.35. The lowest BCUT2D eigenvalue weighted by atomic mass is 10.1. The maximum absolute atomic E-state index is 10.7. The molecule has 1 fully saturated rings. The molecular formula is C7H13NO5. The van der Waals surface area contributed by atoms with Gasteiger partial charge in [-0.3, -0.25) is 4.79 Å². The smallest absolute Gasteiger partial charge is 0.217 e. The van der Waals surface area contributed by atoms with E-state index in [2.05, 4.69) is 5.32 Å². The standard InChI is InChI=1S/C7H13NO5/c1-3(10)8-5-4(2-9)13-7(12)6(5)11/h4-7,9,11-12H,2H2,1H3,(H,8,10)/t4-,5-,6-,7+/m1/s1. The molecule has 6 heteroatoms. The Morgan fingerprint density at radius 3 is 2.62 bits per heavy atom. The van der Waals surface area contributed by atoms with Crippen LogP contribution < -0.4 is 5.32 Å². The molecule has 4 N–H and O–H groups in total. The predicted octanol–water partition coefficient (Wildman–Crippen LogP) is -2.44. The van der Waals surface area contributed by atoms with E-state index in [4.69, 9.17) is 14.9 Å². The van der Waals surface area contributed by atoms with Crippen LogP contribution in [0.3, 0.4) is 0 Å². The molecule has 13 heavy (non-hydrogen) atoms. The molecule has 0 aromatic heterocycles. The van der Waals surface area contributed by atoms with E-state index in [-0.39, 0.29) is 12.5 Å². The Hall–Kier alpha value is -0.690. The number of nitrogens with one attached hydrogen (secondary N) is 1. The molecule has 0 aromatic rings. The molecule has 0 aromatic carbocycles. The molecule has 1 rings (SSSR count).